The van der Waals surface area contributed by atoms with Crippen molar-refractivity contribution in [3.8, 4) is 0 Å². The number of aliphatic hydroxyl groups excluding tert-OH is 1. The number of halogens is 4. The van der Waals surface area contributed by atoms with E-state index in [0.29, 0.717) is 31.5 Å². The first-order valence-corrected chi connectivity index (χ1v) is 8.28. The summed E-state index contributed by atoms with van der Waals surface area (Å²) in [6.07, 6.45) is -0.387. The van der Waals surface area contributed by atoms with Crippen LogP contribution in [0.4, 0.5) is 13.2 Å². The number of guanidine groups is 1. The Labute approximate surface area is 159 Å². The van der Waals surface area contributed by atoms with Gasteiger partial charge in [-0.25, -0.2) is 0 Å². The molecule has 1 fully saturated rings. The fourth-order valence-corrected chi connectivity index (χ4v) is 2.65. The summed E-state index contributed by atoms with van der Waals surface area (Å²) < 4.78 is 36.7. The molecule has 1 aliphatic carbocycles. The van der Waals surface area contributed by atoms with E-state index in [-0.39, 0.29) is 30.1 Å². The molecular formula is C15H30F3IN4O. The van der Waals surface area contributed by atoms with Crippen molar-refractivity contribution >= 4 is 29.9 Å². The number of hydrogen-bond acceptors (Lipinski definition) is 3. The zero-order valence-corrected chi connectivity index (χ0v) is 16.7. The van der Waals surface area contributed by atoms with Gasteiger partial charge >= 0.3 is 6.18 Å². The Bertz CT molecular complexity index is 361. The second kappa shape index (κ2) is 12.1. The third-order valence-electron chi connectivity index (χ3n) is 3.80. The fraction of sp³-hybridized carbons (Fsp3) is 0.933. The average molecular weight is 466 g/mol. The third-order valence-corrected chi connectivity index (χ3v) is 3.80. The smallest absolute Gasteiger partial charge is 0.393 e. The molecule has 144 valence electrons. The van der Waals surface area contributed by atoms with Crippen molar-refractivity contribution in [1.82, 2.24) is 15.5 Å². The van der Waals surface area contributed by atoms with E-state index in [1.807, 2.05) is 6.92 Å². The SMILES string of the molecule is CCNC(=NCCCN(C)CC(F)(F)F)NC1CCC(O)CC1.I. The largest absolute Gasteiger partial charge is 0.401 e. The first-order chi connectivity index (χ1) is 10.8. The van der Waals surface area contributed by atoms with Crippen LogP contribution in [0.5, 0.6) is 0 Å². The van der Waals surface area contributed by atoms with Crippen molar-refractivity contribution in [3.05, 3.63) is 0 Å². The maximum Gasteiger partial charge on any atom is 0.401 e. The van der Waals surface area contributed by atoms with E-state index in [1.54, 1.807) is 0 Å². The molecule has 0 atom stereocenters. The van der Waals surface area contributed by atoms with Crippen LogP contribution in [0.1, 0.15) is 39.0 Å². The second-order valence-corrected chi connectivity index (χ2v) is 6.12. The van der Waals surface area contributed by atoms with Gasteiger partial charge in [-0.3, -0.25) is 9.89 Å². The molecule has 0 unspecified atom stereocenters. The summed E-state index contributed by atoms with van der Waals surface area (Å²) in [5, 5.41) is 16.0. The summed E-state index contributed by atoms with van der Waals surface area (Å²) in [6, 6.07) is 0.295. The molecule has 0 radical (unpaired) electrons. The van der Waals surface area contributed by atoms with Gasteiger partial charge in [0, 0.05) is 19.1 Å². The highest BCUT2D eigenvalue weighted by atomic mass is 127. The van der Waals surface area contributed by atoms with Gasteiger partial charge in [-0.05, 0) is 52.6 Å². The van der Waals surface area contributed by atoms with E-state index in [4.69, 9.17) is 0 Å². The lowest BCUT2D eigenvalue weighted by molar-refractivity contribution is -0.143. The maximum absolute atomic E-state index is 12.2. The summed E-state index contributed by atoms with van der Waals surface area (Å²) >= 11 is 0. The van der Waals surface area contributed by atoms with E-state index in [0.717, 1.165) is 32.2 Å². The summed E-state index contributed by atoms with van der Waals surface area (Å²) in [4.78, 5) is 5.68. The molecule has 1 aliphatic rings. The number of nitrogens with zero attached hydrogens (tertiary/aromatic N) is 2. The monoisotopic (exact) mass is 466 g/mol. The summed E-state index contributed by atoms with van der Waals surface area (Å²) in [7, 11) is 1.47. The van der Waals surface area contributed by atoms with E-state index in [1.165, 1.54) is 11.9 Å². The third kappa shape index (κ3) is 11.3. The molecule has 0 aromatic rings. The molecule has 1 saturated carbocycles. The van der Waals surface area contributed by atoms with E-state index < -0.39 is 12.7 Å². The van der Waals surface area contributed by atoms with Crippen molar-refractivity contribution in [3.63, 3.8) is 0 Å². The van der Waals surface area contributed by atoms with Crippen LogP contribution in [0.3, 0.4) is 0 Å². The Balaban J connectivity index is 0.00000529. The Morgan fingerprint density at radius 3 is 2.42 bits per heavy atom. The van der Waals surface area contributed by atoms with Gasteiger partial charge in [0.25, 0.3) is 0 Å². The first kappa shape index (κ1) is 23.7. The molecule has 0 aromatic heterocycles. The lowest BCUT2D eigenvalue weighted by Crippen LogP contribution is -2.45. The molecule has 0 amide bonds. The van der Waals surface area contributed by atoms with Crippen molar-refractivity contribution in [2.24, 2.45) is 4.99 Å². The van der Waals surface area contributed by atoms with Gasteiger partial charge in [-0.2, -0.15) is 13.2 Å². The molecule has 24 heavy (non-hydrogen) atoms. The van der Waals surface area contributed by atoms with Crippen LogP contribution in [0.25, 0.3) is 0 Å². The molecule has 0 aromatic carbocycles. The minimum atomic E-state index is -4.15. The normalized spacial score (nSPS) is 22.2. The van der Waals surface area contributed by atoms with Gasteiger partial charge < -0.3 is 15.7 Å². The van der Waals surface area contributed by atoms with Gasteiger partial charge in [0.15, 0.2) is 5.96 Å². The van der Waals surface area contributed by atoms with Gasteiger partial charge in [-0.1, -0.05) is 0 Å². The number of nitrogens with one attached hydrogen (secondary N) is 2. The second-order valence-electron chi connectivity index (χ2n) is 6.12. The van der Waals surface area contributed by atoms with Crippen LogP contribution in [-0.4, -0.2) is 67.5 Å². The molecule has 0 bridgehead atoms. The number of aliphatic hydroxyl groups is 1. The van der Waals surface area contributed by atoms with E-state index >= 15 is 0 Å². The van der Waals surface area contributed by atoms with Crippen molar-refractivity contribution < 1.29 is 18.3 Å². The number of alkyl halides is 3. The predicted octanol–water partition coefficient (Wildman–Crippen LogP) is 2.35. The van der Waals surface area contributed by atoms with Crippen LogP contribution < -0.4 is 10.6 Å². The zero-order chi connectivity index (χ0) is 17.3. The van der Waals surface area contributed by atoms with Crippen molar-refractivity contribution in [2.75, 3.05) is 33.2 Å². The van der Waals surface area contributed by atoms with Gasteiger partial charge in [0.2, 0.25) is 0 Å². The highest BCUT2D eigenvalue weighted by molar-refractivity contribution is 14.0. The fourth-order valence-electron chi connectivity index (χ4n) is 2.65. The molecule has 0 heterocycles. The Kier molecular flexibility index (Phi) is 12.0. The van der Waals surface area contributed by atoms with Gasteiger partial charge in [0.05, 0.1) is 12.6 Å². The van der Waals surface area contributed by atoms with E-state index in [2.05, 4.69) is 15.6 Å². The van der Waals surface area contributed by atoms with Crippen LogP contribution in [0, 0.1) is 0 Å². The predicted molar refractivity (Wildman–Crippen MR) is 101 cm³/mol. The van der Waals surface area contributed by atoms with Crippen LogP contribution in [0.15, 0.2) is 4.99 Å². The van der Waals surface area contributed by atoms with Gasteiger partial charge in [0.1, 0.15) is 0 Å². The molecule has 3 N–H and O–H groups in total. The molecule has 5 nitrogen and oxygen atoms in total. The van der Waals surface area contributed by atoms with Crippen LogP contribution >= 0.6 is 24.0 Å². The Hall–Kier alpha value is -0.290. The number of aliphatic imine (C=N–C) groups is 1. The molecular weight excluding hydrogens is 436 g/mol. The molecule has 0 saturated heterocycles. The maximum atomic E-state index is 12.2. The standard InChI is InChI=1S/C15H29F3N4O.HI/c1-3-19-14(21-12-5-7-13(23)8-6-12)20-9-4-10-22(2)11-15(16,17)18;/h12-13,23H,3-11H2,1-2H3,(H2,19,20,21);1H. The van der Waals surface area contributed by atoms with Gasteiger partial charge in [-0.15, -0.1) is 24.0 Å². The highest BCUT2D eigenvalue weighted by Crippen LogP contribution is 2.18. The summed E-state index contributed by atoms with van der Waals surface area (Å²) in [5.74, 6) is 0.701. The molecule has 0 spiro atoms. The lowest BCUT2D eigenvalue weighted by atomic mass is 9.93. The zero-order valence-electron chi connectivity index (χ0n) is 14.4. The van der Waals surface area contributed by atoms with Crippen molar-refractivity contribution in [2.45, 2.75) is 57.3 Å². The average Bonchev–Trinajstić information content (AvgIpc) is 2.44. The summed E-state index contributed by atoms with van der Waals surface area (Å²) in [5.41, 5.74) is 0. The minimum absolute atomic E-state index is 0. The quantitative estimate of drug-likeness (QED) is 0.234. The Morgan fingerprint density at radius 1 is 1.25 bits per heavy atom. The van der Waals surface area contributed by atoms with Crippen LogP contribution in [-0.2, 0) is 0 Å². The molecule has 9 heteroatoms. The number of hydrogen-bond donors (Lipinski definition) is 3. The highest BCUT2D eigenvalue weighted by Gasteiger charge is 2.28. The number of rotatable bonds is 7. The topological polar surface area (TPSA) is 59.9 Å². The minimum Gasteiger partial charge on any atom is -0.393 e. The molecule has 1 rings (SSSR count). The van der Waals surface area contributed by atoms with Crippen molar-refractivity contribution in [1.29, 1.82) is 0 Å². The molecule has 0 aliphatic heterocycles. The lowest BCUT2D eigenvalue weighted by Gasteiger charge is -2.27. The van der Waals surface area contributed by atoms with Crippen LogP contribution in [0.2, 0.25) is 0 Å². The first-order valence-electron chi connectivity index (χ1n) is 8.28. The summed E-state index contributed by atoms with van der Waals surface area (Å²) in [6.45, 7) is 2.65. The Morgan fingerprint density at radius 2 is 1.88 bits per heavy atom. The van der Waals surface area contributed by atoms with E-state index in [9.17, 15) is 18.3 Å².